The van der Waals surface area contributed by atoms with E-state index in [1.165, 1.54) is 12.7 Å². The van der Waals surface area contributed by atoms with E-state index in [4.69, 9.17) is 9.47 Å². The van der Waals surface area contributed by atoms with Crippen molar-refractivity contribution < 1.29 is 19.1 Å². The number of nitrogens with zero attached hydrogens (tertiary/aromatic N) is 1. The van der Waals surface area contributed by atoms with Crippen LogP contribution in [0.2, 0.25) is 0 Å². The van der Waals surface area contributed by atoms with E-state index in [9.17, 15) is 9.59 Å². The highest BCUT2D eigenvalue weighted by Crippen LogP contribution is 2.23. The second kappa shape index (κ2) is 15.2. The van der Waals surface area contributed by atoms with Crippen molar-refractivity contribution in [3.63, 3.8) is 0 Å². The number of anilines is 2. The number of carbonyl (C=O) groups is 2. The van der Waals surface area contributed by atoms with E-state index in [0.717, 1.165) is 30.1 Å². The Labute approximate surface area is 258 Å². The van der Waals surface area contributed by atoms with Gasteiger partial charge in [0.1, 0.15) is 18.4 Å². The Balaban J connectivity index is 1.22. The van der Waals surface area contributed by atoms with Gasteiger partial charge in [-0.1, -0.05) is 103 Å². The fourth-order valence-electron chi connectivity index (χ4n) is 5.05. The first-order valence-electron chi connectivity index (χ1n) is 14.7. The molecule has 44 heavy (non-hydrogen) atoms. The molecule has 0 aliphatic rings. The number of hydrogen-bond donors (Lipinski definition) is 1. The Morgan fingerprint density at radius 1 is 0.705 bits per heavy atom. The van der Waals surface area contributed by atoms with Crippen LogP contribution in [0.5, 0.6) is 5.75 Å². The van der Waals surface area contributed by atoms with Crippen molar-refractivity contribution in [2.24, 2.45) is 0 Å². The zero-order valence-electron chi connectivity index (χ0n) is 24.8. The fraction of sp³-hybridized carbons (Fsp3) is 0.158. The predicted molar refractivity (Wildman–Crippen MR) is 175 cm³/mol. The maximum Gasteiger partial charge on any atom is 0.328 e. The van der Waals surface area contributed by atoms with Gasteiger partial charge in [-0.15, -0.1) is 0 Å². The van der Waals surface area contributed by atoms with Gasteiger partial charge >= 0.3 is 5.97 Å². The van der Waals surface area contributed by atoms with Gasteiger partial charge in [-0.2, -0.15) is 0 Å². The number of hydrogen-bond acceptors (Lipinski definition) is 6. The van der Waals surface area contributed by atoms with Gasteiger partial charge in [0.05, 0.1) is 13.7 Å². The van der Waals surface area contributed by atoms with E-state index < -0.39 is 12.0 Å². The number of rotatable bonds is 14. The molecule has 0 fully saturated rings. The number of methoxy groups -OCH3 is 1. The normalized spacial score (nSPS) is 11.3. The average Bonchev–Trinajstić information content (AvgIpc) is 3.09. The maximum atomic E-state index is 13.2. The molecule has 0 aromatic heterocycles. The molecule has 6 heteroatoms. The molecule has 0 saturated carbocycles. The SMILES string of the molecule is COC(=O)C(Cc1ccc(OCCN(Cc2ccccc2)c2ccccc2)cc1)Nc1ccccc1C(=O)c1ccccc1. The van der Waals surface area contributed by atoms with Crippen LogP contribution >= 0.6 is 0 Å². The van der Waals surface area contributed by atoms with Crippen molar-refractivity contribution in [3.8, 4) is 5.75 Å². The van der Waals surface area contributed by atoms with Crippen LogP contribution in [0.4, 0.5) is 11.4 Å². The summed E-state index contributed by atoms with van der Waals surface area (Å²) in [4.78, 5) is 28.3. The largest absolute Gasteiger partial charge is 0.492 e. The lowest BCUT2D eigenvalue weighted by Gasteiger charge is -2.25. The van der Waals surface area contributed by atoms with Gasteiger partial charge in [0.15, 0.2) is 5.78 Å². The summed E-state index contributed by atoms with van der Waals surface area (Å²) in [7, 11) is 1.37. The molecule has 1 N–H and O–H groups in total. The number of ketones is 1. The molecular weight excluding hydrogens is 548 g/mol. The summed E-state index contributed by atoms with van der Waals surface area (Å²) in [5, 5.41) is 3.26. The summed E-state index contributed by atoms with van der Waals surface area (Å²) < 4.78 is 11.2. The van der Waals surface area contributed by atoms with E-state index in [2.05, 4.69) is 46.6 Å². The Morgan fingerprint density at radius 3 is 2.00 bits per heavy atom. The lowest BCUT2D eigenvalue weighted by molar-refractivity contribution is -0.141. The van der Waals surface area contributed by atoms with E-state index in [1.807, 2.05) is 78.9 Å². The van der Waals surface area contributed by atoms with Crippen molar-refractivity contribution in [2.45, 2.75) is 19.0 Å². The molecule has 6 nitrogen and oxygen atoms in total. The maximum absolute atomic E-state index is 13.2. The van der Waals surface area contributed by atoms with Gasteiger partial charge in [0.2, 0.25) is 0 Å². The van der Waals surface area contributed by atoms with Crippen LogP contribution in [-0.2, 0) is 22.5 Å². The molecule has 0 aliphatic heterocycles. The number of ether oxygens (including phenoxy) is 2. The van der Waals surface area contributed by atoms with Crippen LogP contribution in [-0.4, -0.2) is 38.1 Å². The quantitative estimate of drug-likeness (QED) is 0.110. The van der Waals surface area contributed by atoms with Crippen LogP contribution in [0.3, 0.4) is 0 Å². The van der Waals surface area contributed by atoms with Gasteiger partial charge in [0, 0.05) is 35.5 Å². The molecular formula is C38H36N2O4. The molecule has 0 amide bonds. The van der Waals surface area contributed by atoms with E-state index in [1.54, 1.807) is 24.3 Å². The molecule has 0 heterocycles. The Morgan fingerprint density at radius 2 is 1.32 bits per heavy atom. The topological polar surface area (TPSA) is 67.9 Å². The Bertz CT molecular complexity index is 1620. The summed E-state index contributed by atoms with van der Waals surface area (Å²) in [6.07, 6.45) is 0.375. The van der Waals surface area contributed by atoms with Crippen molar-refractivity contribution in [1.29, 1.82) is 0 Å². The molecule has 222 valence electrons. The first-order chi connectivity index (χ1) is 21.6. The number of esters is 1. The third kappa shape index (κ3) is 8.13. The minimum Gasteiger partial charge on any atom is -0.492 e. The van der Waals surface area contributed by atoms with Gasteiger partial charge < -0.3 is 19.7 Å². The number of benzene rings is 5. The fourth-order valence-corrected chi connectivity index (χ4v) is 5.05. The average molecular weight is 585 g/mol. The molecule has 0 aliphatic carbocycles. The minimum absolute atomic E-state index is 0.117. The highest BCUT2D eigenvalue weighted by molar-refractivity contribution is 6.12. The minimum atomic E-state index is -0.686. The van der Waals surface area contributed by atoms with Crippen LogP contribution < -0.4 is 15.0 Å². The molecule has 1 unspecified atom stereocenters. The van der Waals surface area contributed by atoms with Crippen LogP contribution in [0.1, 0.15) is 27.0 Å². The van der Waals surface area contributed by atoms with Crippen LogP contribution in [0, 0.1) is 0 Å². The summed E-state index contributed by atoms with van der Waals surface area (Å²) in [5.74, 6) is 0.225. The molecule has 5 rings (SSSR count). The highest BCUT2D eigenvalue weighted by Gasteiger charge is 2.22. The predicted octanol–water partition coefficient (Wildman–Crippen LogP) is 7.20. The standard InChI is InChI=1S/C38H36N2O4/c1-43-38(42)36(39-35-20-12-11-19-34(35)37(41)31-15-7-3-8-16-31)27-29-21-23-33(24-22-29)44-26-25-40(32-17-9-4-10-18-32)28-30-13-5-2-6-14-30/h2-24,36,39H,25-28H2,1H3. The first kappa shape index (κ1) is 30.1. The number of para-hydroxylation sites is 2. The Hall–Kier alpha value is -5.36. The summed E-state index contributed by atoms with van der Waals surface area (Å²) in [5.41, 5.74) is 4.97. The van der Waals surface area contributed by atoms with Crippen LogP contribution in [0.15, 0.2) is 140 Å². The van der Waals surface area contributed by atoms with Crippen molar-refractivity contribution in [2.75, 3.05) is 30.5 Å². The van der Waals surface area contributed by atoms with Crippen molar-refractivity contribution in [1.82, 2.24) is 0 Å². The highest BCUT2D eigenvalue weighted by atomic mass is 16.5. The first-order valence-corrected chi connectivity index (χ1v) is 14.7. The van der Waals surface area contributed by atoms with Gasteiger partial charge in [-0.25, -0.2) is 4.79 Å². The monoisotopic (exact) mass is 584 g/mol. The zero-order chi connectivity index (χ0) is 30.6. The summed E-state index contributed by atoms with van der Waals surface area (Å²) >= 11 is 0. The molecule has 0 spiro atoms. The van der Waals surface area contributed by atoms with Gasteiger partial charge in [-0.05, 0) is 47.5 Å². The van der Waals surface area contributed by atoms with E-state index in [0.29, 0.717) is 29.8 Å². The molecule has 5 aromatic rings. The third-order valence-corrected chi connectivity index (χ3v) is 7.35. The van der Waals surface area contributed by atoms with E-state index in [-0.39, 0.29) is 5.78 Å². The number of nitrogens with one attached hydrogen (secondary N) is 1. The zero-order valence-corrected chi connectivity index (χ0v) is 24.8. The molecule has 1 atom stereocenters. The molecule has 0 saturated heterocycles. The summed E-state index contributed by atoms with van der Waals surface area (Å²) in [6, 6.07) is 44.1. The van der Waals surface area contributed by atoms with Crippen molar-refractivity contribution in [3.05, 3.63) is 162 Å². The number of carbonyl (C=O) groups excluding carboxylic acids is 2. The molecule has 0 radical (unpaired) electrons. The third-order valence-electron chi connectivity index (χ3n) is 7.35. The second-order valence-corrected chi connectivity index (χ2v) is 10.4. The molecule has 0 bridgehead atoms. The molecule has 5 aromatic carbocycles. The van der Waals surface area contributed by atoms with E-state index >= 15 is 0 Å². The van der Waals surface area contributed by atoms with Crippen LogP contribution in [0.25, 0.3) is 0 Å². The second-order valence-electron chi connectivity index (χ2n) is 10.4. The lowest BCUT2D eigenvalue weighted by Crippen LogP contribution is -2.33. The lowest BCUT2D eigenvalue weighted by atomic mass is 10.00. The smallest absolute Gasteiger partial charge is 0.328 e. The van der Waals surface area contributed by atoms with Crippen molar-refractivity contribution >= 4 is 23.1 Å². The summed E-state index contributed by atoms with van der Waals surface area (Å²) in [6.45, 7) is 2.02. The Kier molecular flexibility index (Phi) is 10.4. The van der Waals surface area contributed by atoms with Gasteiger partial charge in [0.25, 0.3) is 0 Å². The van der Waals surface area contributed by atoms with Gasteiger partial charge in [-0.3, -0.25) is 4.79 Å².